The summed E-state index contributed by atoms with van der Waals surface area (Å²) < 4.78 is 10.1. The van der Waals surface area contributed by atoms with E-state index in [-0.39, 0.29) is 25.5 Å². The van der Waals surface area contributed by atoms with Crippen LogP contribution in [0.5, 0.6) is 0 Å². The first-order valence-electron chi connectivity index (χ1n) is 7.22. The van der Waals surface area contributed by atoms with E-state index in [0.29, 0.717) is 0 Å². The number of likely N-dealkylation sites (N-methyl/N-ethyl adjacent to an activating group) is 1. The van der Waals surface area contributed by atoms with Gasteiger partial charge in [-0.1, -0.05) is 18.2 Å². The molecule has 0 aromatic heterocycles. The van der Waals surface area contributed by atoms with Crippen LogP contribution in [0.4, 0.5) is 5.69 Å². The Morgan fingerprint density at radius 1 is 1.41 bits per heavy atom. The lowest BCUT2D eigenvalue weighted by Gasteiger charge is -2.34. The maximum atomic E-state index is 12.8. The van der Waals surface area contributed by atoms with Crippen molar-refractivity contribution in [3.05, 3.63) is 29.8 Å². The number of esters is 2. The van der Waals surface area contributed by atoms with Crippen molar-refractivity contribution in [1.82, 2.24) is 0 Å². The molecule has 1 fully saturated rings. The second kappa shape index (κ2) is 5.12. The number of amides is 1. The lowest BCUT2D eigenvalue weighted by Crippen LogP contribution is -2.51. The third kappa shape index (κ3) is 1.90. The number of carbonyl (C=O) groups is 3. The molecule has 0 aliphatic carbocycles. The first kappa shape index (κ1) is 14.6. The van der Waals surface area contributed by atoms with Crippen LogP contribution >= 0.6 is 0 Å². The molecule has 6 nitrogen and oxygen atoms in total. The maximum Gasteiger partial charge on any atom is 0.320 e. The summed E-state index contributed by atoms with van der Waals surface area (Å²) in [5.41, 5.74) is 0.591. The van der Waals surface area contributed by atoms with Gasteiger partial charge < -0.3 is 14.4 Å². The molecule has 6 heteroatoms. The lowest BCUT2D eigenvalue weighted by molar-refractivity contribution is -0.170. The van der Waals surface area contributed by atoms with Crippen LogP contribution in [-0.2, 0) is 29.3 Å². The summed E-state index contributed by atoms with van der Waals surface area (Å²) in [6, 6.07) is 7.37. The summed E-state index contributed by atoms with van der Waals surface area (Å²) in [4.78, 5) is 38.2. The largest absolute Gasteiger partial charge is 0.465 e. The quantitative estimate of drug-likeness (QED) is 0.602. The molecule has 1 aromatic rings. The Morgan fingerprint density at radius 2 is 2.14 bits per heavy atom. The lowest BCUT2D eigenvalue weighted by atomic mass is 9.73. The highest BCUT2D eigenvalue weighted by molar-refractivity contribution is 6.09. The number of anilines is 1. The Bertz CT molecular complexity index is 656. The zero-order valence-electron chi connectivity index (χ0n) is 12.5. The topological polar surface area (TPSA) is 72.9 Å². The molecule has 1 saturated heterocycles. The number of rotatable bonds is 2. The predicted molar refractivity (Wildman–Crippen MR) is 77.2 cm³/mol. The number of hydrogen-bond acceptors (Lipinski definition) is 5. The molecule has 0 bridgehead atoms. The number of carbonyl (C=O) groups excluding carboxylic acids is 3. The fourth-order valence-electron chi connectivity index (χ4n) is 3.26. The van der Waals surface area contributed by atoms with E-state index in [1.165, 1.54) is 0 Å². The maximum absolute atomic E-state index is 12.8. The van der Waals surface area contributed by atoms with Gasteiger partial charge in [0.15, 0.2) is 5.92 Å². The minimum absolute atomic E-state index is 0.0398. The Morgan fingerprint density at radius 3 is 2.86 bits per heavy atom. The van der Waals surface area contributed by atoms with Crippen molar-refractivity contribution in [2.75, 3.05) is 25.2 Å². The average Bonchev–Trinajstić information content (AvgIpc) is 2.73. The van der Waals surface area contributed by atoms with Crippen molar-refractivity contribution < 1.29 is 23.9 Å². The number of benzene rings is 1. The third-order valence-electron chi connectivity index (χ3n) is 4.36. The van der Waals surface area contributed by atoms with Crippen molar-refractivity contribution in [2.24, 2.45) is 5.92 Å². The van der Waals surface area contributed by atoms with E-state index >= 15 is 0 Å². The summed E-state index contributed by atoms with van der Waals surface area (Å²) in [6.45, 7) is 1.81. The standard InChI is InChI=1S/C16H17NO5/c1-3-21-13(18)10-8-16(9-22-14(10)19)11-6-4-5-7-12(11)17(2)15(16)20/h4-7,10H,3,8-9H2,1-2H3. The van der Waals surface area contributed by atoms with Crippen LogP contribution in [0.3, 0.4) is 0 Å². The van der Waals surface area contributed by atoms with Crippen molar-refractivity contribution >= 4 is 23.5 Å². The first-order valence-corrected chi connectivity index (χ1v) is 7.22. The number of ether oxygens (including phenoxy) is 2. The van der Waals surface area contributed by atoms with E-state index in [1.807, 2.05) is 24.3 Å². The highest BCUT2D eigenvalue weighted by Crippen LogP contribution is 2.47. The van der Waals surface area contributed by atoms with Gasteiger partial charge in [-0.3, -0.25) is 14.4 Å². The molecule has 0 saturated carbocycles. The molecule has 1 spiro atoms. The van der Waals surface area contributed by atoms with Crippen molar-refractivity contribution in [2.45, 2.75) is 18.8 Å². The molecule has 1 amide bonds. The summed E-state index contributed by atoms with van der Waals surface area (Å²) >= 11 is 0. The molecular weight excluding hydrogens is 286 g/mol. The molecule has 3 rings (SSSR count). The molecule has 2 aliphatic rings. The fraction of sp³-hybridized carbons (Fsp3) is 0.438. The molecule has 1 aromatic carbocycles. The zero-order chi connectivity index (χ0) is 15.9. The van der Waals surface area contributed by atoms with E-state index in [0.717, 1.165) is 11.3 Å². The van der Waals surface area contributed by atoms with Gasteiger partial charge in [0.25, 0.3) is 0 Å². The minimum Gasteiger partial charge on any atom is -0.465 e. The third-order valence-corrected chi connectivity index (χ3v) is 4.36. The molecular formula is C16H17NO5. The molecule has 116 valence electrons. The summed E-state index contributed by atoms with van der Waals surface area (Å²) in [6.07, 6.45) is 0.0881. The van der Waals surface area contributed by atoms with Crippen LogP contribution in [0.25, 0.3) is 0 Å². The normalized spacial score (nSPS) is 26.8. The Balaban J connectivity index is 2.02. The van der Waals surface area contributed by atoms with Crippen molar-refractivity contribution in [3.8, 4) is 0 Å². The Labute approximate surface area is 128 Å². The number of hydrogen-bond donors (Lipinski definition) is 0. The number of fused-ring (bicyclic) bond motifs is 2. The van der Waals surface area contributed by atoms with Gasteiger partial charge in [0, 0.05) is 12.7 Å². The number of cyclic esters (lactones) is 1. The van der Waals surface area contributed by atoms with Gasteiger partial charge in [0.1, 0.15) is 12.0 Å². The van der Waals surface area contributed by atoms with Crippen LogP contribution in [0.1, 0.15) is 18.9 Å². The van der Waals surface area contributed by atoms with Crippen molar-refractivity contribution in [3.63, 3.8) is 0 Å². The summed E-state index contributed by atoms with van der Waals surface area (Å²) in [5.74, 6) is -2.47. The second-order valence-electron chi connectivity index (χ2n) is 5.58. The van der Waals surface area contributed by atoms with Crippen LogP contribution in [0.2, 0.25) is 0 Å². The molecule has 0 radical (unpaired) electrons. The van der Waals surface area contributed by atoms with E-state index < -0.39 is 23.3 Å². The Kier molecular flexibility index (Phi) is 3.39. The molecule has 2 atom stereocenters. The van der Waals surface area contributed by atoms with E-state index in [9.17, 15) is 14.4 Å². The Hall–Kier alpha value is -2.37. The zero-order valence-corrected chi connectivity index (χ0v) is 12.5. The molecule has 2 aliphatic heterocycles. The van der Waals surface area contributed by atoms with Crippen LogP contribution < -0.4 is 4.90 Å². The molecule has 0 N–H and O–H groups in total. The SMILES string of the molecule is CCOC(=O)C1CC2(COC1=O)C(=O)N(C)c1ccccc12. The number of nitrogens with zero attached hydrogens (tertiary/aromatic N) is 1. The summed E-state index contributed by atoms with van der Waals surface area (Å²) in [7, 11) is 1.69. The van der Waals surface area contributed by atoms with Crippen LogP contribution in [0, 0.1) is 5.92 Å². The van der Waals surface area contributed by atoms with Gasteiger partial charge in [0.05, 0.1) is 6.61 Å². The van der Waals surface area contributed by atoms with E-state index in [4.69, 9.17) is 9.47 Å². The molecule has 22 heavy (non-hydrogen) atoms. The van der Waals surface area contributed by atoms with E-state index in [1.54, 1.807) is 18.9 Å². The van der Waals surface area contributed by atoms with Crippen LogP contribution in [0.15, 0.2) is 24.3 Å². The van der Waals surface area contributed by atoms with Gasteiger partial charge in [-0.05, 0) is 25.0 Å². The predicted octanol–water partition coefficient (Wildman–Crippen LogP) is 1.03. The minimum atomic E-state index is -1.06. The van der Waals surface area contributed by atoms with Crippen molar-refractivity contribution in [1.29, 1.82) is 0 Å². The first-order chi connectivity index (χ1) is 10.5. The molecule has 2 heterocycles. The number of para-hydroxylation sites is 1. The van der Waals surface area contributed by atoms with E-state index in [2.05, 4.69) is 0 Å². The fourth-order valence-corrected chi connectivity index (χ4v) is 3.26. The molecule has 2 unspecified atom stereocenters. The van der Waals surface area contributed by atoms with Gasteiger partial charge >= 0.3 is 11.9 Å². The highest BCUT2D eigenvalue weighted by Gasteiger charge is 2.56. The highest BCUT2D eigenvalue weighted by atomic mass is 16.6. The average molecular weight is 303 g/mol. The smallest absolute Gasteiger partial charge is 0.320 e. The second-order valence-corrected chi connectivity index (χ2v) is 5.58. The van der Waals surface area contributed by atoms with Gasteiger partial charge in [-0.15, -0.1) is 0 Å². The van der Waals surface area contributed by atoms with Gasteiger partial charge in [-0.25, -0.2) is 0 Å². The van der Waals surface area contributed by atoms with Gasteiger partial charge in [0.2, 0.25) is 5.91 Å². The monoisotopic (exact) mass is 303 g/mol. The van der Waals surface area contributed by atoms with Crippen LogP contribution in [-0.4, -0.2) is 38.1 Å². The van der Waals surface area contributed by atoms with Gasteiger partial charge in [-0.2, -0.15) is 0 Å². The summed E-state index contributed by atoms with van der Waals surface area (Å²) in [5, 5.41) is 0.